The summed E-state index contributed by atoms with van der Waals surface area (Å²) >= 11 is 0. The summed E-state index contributed by atoms with van der Waals surface area (Å²) in [6, 6.07) is 11.0. The lowest BCUT2D eigenvalue weighted by molar-refractivity contribution is 0.245. The van der Waals surface area contributed by atoms with Gasteiger partial charge in [-0.1, -0.05) is 70.4 Å². The molecule has 1 N–H and O–H groups in total. The van der Waals surface area contributed by atoms with Gasteiger partial charge in [-0.3, -0.25) is 0 Å². The van der Waals surface area contributed by atoms with E-state index < -0.39 is 0 Å². The van der Waals surface area contributed by atoms with Gasteiger partial charge < -0.3 is 5.32 Å². The summed E-state index contributed by atoms with van der Waals surface area (Å²) in [6.07, 6.45) is 5.73. The number of nitrogens with one attached hydrogen (secondary N) is 1. The number of benzene rings is 1. The summed E-state index contributed by atoms with van der Waals surface area (Å²) in [5.41, 5.74) is 1.48. The van der Waals surface area contributed by atoms with Gasteiger partial charge in [0.25, 0.3) is 0 Å². The molecule has 1 aromatic rings. The van der Waals surface area contributed by atoms with Crippen molar-refractivity contribution in [2.75, 3.05) is 13.1 Å². The van der Waals surface area contributed by atoms with Crippen LogP contribution >= 0.6 is 0 Å². The highest BCUT2D eigenvalue weighted by Gasteiger charge is 2.22. The minimum absolute atomic E-state index is 0.634. The van der Waals surface area contributed by atoms with Crippen molar-refractivity contribution in [3.8, 4) is 0 Å². The van der Waals surface area contributed by atoms with Crippen LogP contribution in [0.1, 0.15) is 57.9 Å². The van der Waals surface area contributed by atoms with Crippen LogP contribution in [-0.4, -0.2) is 13.1 Å². The standard InChI is InChI=1S/C19H31N/c1-15(2)19(17-10-5-4-6-11-17)14-20-13-18-12-8-7-9-16(18)3/h4-6,10-11,15-16,18-20H,7-9,12-14H2,1-3H3. The molecule has 0 heterocycles. The van der Waals surface area contributed by atoms with Crippen LogP contribution in [0.2, 0.25) is 0 Å². The molecule has 0 saturated heterocycles. The van der Waals surface area contributed by atoms with E-state index >= 15 is 0 Å². The van der Waals surface area contributed by atoms with E-state index in [0.717, 1.165) is 18.4 Å². The number of hydrogen-bond donors (Lipinski definition) is 1. The van der Waals surface area contributed by atoms with Crippen molar-refractivity contribution in [1.82, 2.24) is 5.32 Å². The maximum Gasteiger partial charge on any atom is 0.00227 e. The Morgan fingerprint density at radius 1 is 1.10 bits per heavy atom. The molecular weight excluding hydrogens is 242 g/mol. The Bertz CT molecular complexity index is 371. The molecule has 2 rings (SSSR count). The van der Waals surface area contributed by atoms with Gasteiger partial charge >= 0.3 is 0 Å². The summed E-state index contributed by atoms with van der Waals surface area (Å²) in [7, 11) is 0. The van der Waals surface area contributed by atoms with Gasteiger partial charge in [0.15, 0.2) is 0 Å². The fraction of sp³-hybridized carbons (Fsp3) is 0.684. The molecule has 20 heavy (non-hydrogen) atoms. The van der Waals surface area contributed by atoms with Gasteiger partial charge in [0.2, 0.25) is 0 Å². The van der Waals surface area contributed by atoms with Crippen LogP contribution in [0.3, 0.4) is 0 Å². The molecule has 1 nitrogen and oxygen atoms in total. The van der Waals surface area contributed by atoms with Crippen molar-refractivity contribution in [2.45, 2.75) is 52.4 Å². The largest absolute Gasteiger partial charge is 0.316 e. The Hall–Kier alpha value is -0.820. The first-order valence-corrected chi connectivity index (χ1v) is 8.44. The first-order chi connectivity index (χ1) is 9.68. The van der Waals surface area contributed by atoms with Crippen molar-refractivity contribution in [3.63, 3.8) is 0 Å². The lowest BCUT2D eigenvalue weighted by Gasteiger charge is -2.30. The van der Waals surface area contributed by atoms with E-state index in [2.05, 4.69) is 56.4 Å². The van der Waals surface area contributed by atoms with E-state index in [9.17, 15) is 0 Å². The lowest BCUT2D eigenvalue weighted by atomic mass is 9.80. The molecular formula is C19H31N. The molecule has 0 amide bonds. The zero-order valence-electron chi connectivity index (χ0n) is 13.4. The Morgan fingerprint density at radius 2 is 1.80 bits per heavy atom. The third-order valence-electron chi connectivity index (χ3n) is 5.09. The molecule has 1 aromatic carbocycles. The second-order valence-corrected chi connectivity index (χ2v) is 6.94. The summed E-state index contributed by atoms with van der Waals surface area (Å²) in [4.78, 5) is 0. The first-order valence-electron chi connectivity index (χ1n) is 8.44. The fourth-order valence-corrected chi connectivity index (χ4v) is 3.56. The Morgan fingerprint density at radius 3 is 2.45 bits per heavy atom. The molecule has 0 spiro atoms. The van der Waals surface area contributed by atoms with E-state index in [1.807, 2.05) is 0 Å². The van der Waals surface area contributed by atoms with Crippen LogP contribution in [0.4, 0.5) is 0 Å². The molecule has 0 aromatic heterocycles. The molecule has 0 radical (unpaired) electrons. The monoisotopic (exact) mass is 273 g/mol. The van der Waals surface area contributed by atoms with Crippen LogP contribution in [0, 0.1) is 17.8 Å². The quantitative estimate of drug-likeness (QED) is 0.782. The summed E-state index contributed by atoms with van der Waals surface area (Å²) in [5.74, 6) is 3.13. The molecule has 3 unspecified atom stereocenters. The Balaban J connectivity index is 1.84. The highest BCUT2D eigenvalue weighted by Crippen LogP contribution is 2.29. The Labute approximate surface area is 125 Å². The highest BCUT2D eigenvalue weighted by atomic mass is 14.9. The molecule has 1 aliphatic carbocycles. The zero-order valence-corrected chi connectivity index (χ0v) is 13.4. The topological polar surface area (TPSA) is 12.0 Å². The van der Waals surface area contributed by atoms with Gasteiger partial charge in [-0.25, -0.2) is 0 Å². The van der Waals surface area contributed by atoms with E-state index in [1.54, 1.807) is 0 Å². The van der Waals surface area contributed by atoms with Crippen LogP contribution in [0.25, 0.3) is 0 Å². The minimum Gasteiger partial charge on any atom is -0.316 e. The molecule has 1 heteroatoms. The summed E-state index contributed by atoms with van der Waals surface area (Å²) < 4.78 is 0. The van der Waals surface area contributed by atoms with Crippen LogP contribution in [0.5, 0.6) is 0 Å². The minimum atomic E-state index is 0.634. The van der Waals surface area contributed by atoms with E-state index in [1.165, 1.54) is 37.8 Å². The summed E-state index contributed by atoms with van der Waals surface area (Å²) in [5, 5.41) is 3.77. The SMILES string of the molecule is CC(C)C(CNCC1CCCCC1C)c1ccccc1. The van der Waals surface area contributed by atoms with E-state index in [4.69, 9.17) is 0 Å². The second-order valence-electron chi connectivity index (χ2n) is 6.94. The molecule has 112 valence electrons. The number of rotatable bonds is 6. The normalized spacial score (nSPS) is 24.8. The molecule has 3 atom stereocenters. The molecule has 1 fully saturated rings. The molecule has 1 saturated carbocycles. The lowest BCUT2D eigenvalue weighted by Crippen LogP contribution is -2.33. The zero-order chi connectivity index (χ0) is 14.4. The average molecular weight is 273 g/mol. The first kappa shape index (κ1) is 15.6. The van der Waals surface area contributed by atoms with E-state index in [-0.39, 0.29) is 0 Å². The third kappa shape index (κ3) is 4.34. The van der Waals surface area contributed by atoms with Crippen LogP contribution in [0.15, 0.2) is 30.3 Å². The Kier molecular flexibility index (Phi) is 6.09. The van der Waals surface area contributed by atoms with Crippen molar-refractivity contribution < 1.29 is 0 Å². The smallest absolute Gasteiger partial charge is 0.00227 e. The number of hydrogen-bond acceptors (Lipinski definition) is 1. The van der Waals surface area contributed by atoms with Crippen molar-refractivity contribution in [3.05, 3.63) is 35.9 Å². The predicted molar refractivity (Wildman–Crippen MR) is 88.0 cm³/mol. The van der Waals surface area contributed by atoms with Crippen LogP contribution < -0.4 is 5.32 Å². The predicted octanol–water partition coefficient (Wildman–Crippen LogP) is 4.84. The van der Waals surface area contributed by atoms with Crippen molar-refractivity contribution in [2.24, 2.45) is 17.8 Å². The van der Waals surface area contributed by atoms with Crippen LogP contribution in [-0.2, 0) is 0 Å². The second kappa shape index (κ2) is 7.83. The maximum atomic E-state index is 3.77. The van der Waals surface area contributed by atoms with Crippen molar-refractivity contribution >= 4 is 0 Å². The van der Waals surface area contributed by atoms with Gasteiger partial charge in [-0.15, -0.1) is 0 Å². The molecule has 0 bridgehead atoms. The highest BCUT2D eigenvalue weighted by molar-refractivity contribution is 5.20. The van der Waals surface area contributed by atoms with Gasteiger partial charge in [-0.2, -0.15) is 0 Å². The van der Waals surface area contributed by atoms with Gasteiger partial charge in [0.05, 0.1) is 0 Å². The van der Waals surface area contributed by atoms with E-state index in [0.29, 0.717) is 11.8 Å². The average Bonchev–Trinajstić information content (AvgIpc) is 2.46. The molecule has 0 aliphatic heterocycles. The van der Waals surface area contributed by atoms with Gasteiger partial charge in [-0.05, 0) is 42.2 Å². The third-order valence-corrected chi connectivity index (χ3v) is 5.09. The van der Waals surface area contributed by atoms with Gasteiger partial charge in [0.1, 0.15) is 0 Å². The van der Waals surface area contributed by atoms with Gasteiger partial charge in [0, 0.05) is 6.54 Å². The van der Waals surface area contributed by atoms with Crippen molar-refractivity contribution in [1.29, 1.82) is 0 Å². The maximum absolute atomic E-state index is 3.77. The fourth-order valence-electron chi connectivity index (χ4n) is 3.56. The summed E-state index contributed by atoms with van der Waals surface area (Å²) in [6.45, 7) is 9.43. The molecule has 1 aliphatic rings.